The molecule has 6 heteroatoms. The molecule has 1 N–H and O–H groups in total. The molecule has 1 amide bonds. The van der Waals surface area contributed by atoms with Gasteiger partial charge in [-0.05, 0) is 37.8 Å². The van der Waals surface area contributed by atoms with Gasteiger partial charge >= 0.3 is 0 Å². The maximum atomic E-state index is 12.3. The molecule has 0 spiro atoms. The molecule has 1 aliphatic carbocycles. The second-order valence-electron chi connectivity index (χ2n) is 4.69. The summed E-state index contributed by atoms with van der Waals surface area (Å²) in [4.78, 5) is 16.2. The van der Waals surface area contributed by atoms with Crippen LogP contribution in [0.25, 0.3) is 0 Å². The molecule has 2 atom stereocenters. The summed E-state index contributed by atoms with van der Waals surface area (Å²) < 4.78 is 5.36. The Labute approximate surface area is 122 Å². The highest BCUT2D eigenvalue weighted by molar-refractivity contribution is 6.33. The zero-order valence-corrected chi connectivity index (χ0v) is 12.4. The summed E-state index contributed by atoms with van der Waals surface area (Å²) in [5, 5.41) is 3.46. The third kappa shape index (κ3) is 3.19. The molecule has 104 valence electrons. The topological polar surface area (TPSA) is 51.2 Å². The number of amides is 1. The Kier molecular flexibility index (Phi) is 4.66. The standard InChI is InChI=1S/C13H16Cl2N2O2/c1-7-8(6-11(14)17-12(7)15)13(18)16-9-4-3-5-10(9)19-2/h6,9-10H,3-5H2,1-2H3,(H,16,18)/t9-,10-/m1/s1. The Balaban J connectivity index is 2.16. The largest absolute Gasteiger partial charge is 0.379 e. The normalized spacial score (nSPS) is 22.5. The fraction of sp³-hybridized carbons (Fsp3) is 0.538. The van der Waals surface area contributed by atoms with E-state index in [0.717, 1.165) is 19.3 Å². The molecule has 0 radical (unpaired) electrons. The summed E-state index contributed by atoms with van der Waals surface area (Å²) in [7, 11) is 1.67. The summed E-state index contributed by atoms with van der Waals surface area (Å²) in [6.07, 6.45) is 3.03. The van der Waals surface area contributed by atoms with E-state index in [1.54, 1.807) is 14.0 Å². The highest BCUT2D eigenvalue weighted by Gasteiger charge is 2.29. The first-order chi connectivity index (χ1) is 9.02. The number of halogens is 2. The highest BCUT2D eigenvalue weighted by Crippen LogP contribution is 2.24. The Morgan fingerprint density at radius 3 is 2.89 bits per heavy atom. The van der Waals surface area contributed by atoms with Crippen LogP contribution in [0.3, 0.4) is 0 Å². The van der Waals surface area contributed by atoms with Gasteiger partial charge in [-0.1, -0.05) is 23.2 Å². The van der Waals surface area contributed by atoms with Crippen LogP contribution in [0.4, 0.5) is 0 Å². The van der Waals surface area contributed by atoms with E-state index in [9.17, 15) is 4.79 Å². The number of hydrogen-bond acceptors (Lipinski definition) is 3. The van der Waals surface area contributed by atoms with Crippen LogP contribution < -0.4 is 5.32 Å². The molecule has 19 heavy (non-hydrogen) atoms. The average molecular weight is 303 g/mol. The molecule has 0 aromatic carbocycles. The molecule has 1 fully saturated rings. The molecule has 0 aliphatic heterocycles. The van der Waals surface area contributed by atoms with Crippen LogP contribution in [0.5, 0.6) is 0 Å². The van der Waals surface area contributed by atoms with Crippen molar-refractivity contribution in [3.05, 3.63) is 27.5 Å². The quantitative estimate of drug-likeness (QED) is 0.873. The van der Waals surface area contributed by atoms with Gasteiger partial charge in [0.15, 0.2) is 0 Å². The summed E-state index contributed by atoms with van der Waals surface area (Å²) in [5.41, 5.74) is 1.10. The lowest BCUT2D eigenvalue weighted by Crippen LogP contribution is -2.41. The number of carbonyl (C=O) groups is 1. The van der Waals surface area contributed by atoms with Crippen molar-refractivity contribution in [3.8, 4) is 0 Å². The van der Waals surface area contributed by atoms with Crippen LogP contribution in [0.15, 0.2) is 6.07 Å². The highest BCUT2D eigenvalue weighted by atomic mass is 35.5. The van der Waals surface area contributed by atoms with E-state index in [2.05, 4.69) is 10.3 Å². The van der Waals surface area contributed by atoms with Crippen LogP contribution in [-0.2, 0) is 4.74 Å². The van der Waals surface area contributed by atoms with Crippen LogP contribution in [-0.4, -0.2) is 30.1 Å². The molecule has 1 aliphatic rings. The molecule has 0 bridgehead atoms. The molecule has 1 heterocycles. The van der Waals surface area contributed by atoms with Crippen LogP contribution in [0, 0.1) is 6.92 Å². The van der Waals surface area contributed by atoms with Crippen molar-refractivity contribution in [2.45, 2.75) is 38.3 Å². The minimum atomic E-state index is -0.183. The number of methoxy groups -OCH3 is 1. The Morgan fingerprint density at radius 2 is 2.21 bits per heavy atom. The number of carbonyl (C=O) groups excluding carboxylic acids is 1. The molecule has 4 nitrogen and oxygen atoms in total. The fourth-order valence-electron chi connectivity index (χ4n) is 2.40. The zero-order valence-electron chi connectivity index (χ0n) is 10.9. The van der Waals surface area contributed by atoms with Crippen molar-refractivity contribution < 1.29 is 9.53 Å². The van der Waals surface area contributed by atoms with Gasteiger partial charge < -0.3 is 10.1 Å². The summed E-state index contributed by atoms with van der Waals surface area (Å²) in [6, 6.07) is 1.58. The van der Waals surface area contributed by atoms with E-state index >= 15 is 0 Å². The zero-order chi connectivity index (χ0) is 14.0. The number of nitrogens with one attached hydrogen (secondary N) is 1. The van der Waals surface area contributed by atoms with E-state index in [1.165, 1.54) is 6.07 Å². The SMILES string of the molecule is CO[C@@H]1CCC[C@H]1NC(=O)c1cc(Cl)nc(Cl)c1C. The molecule has 0 saturated heterocycles. The molecule has 1 aromatic rings. The van der Waals surface area contributed by atoms with Crippen molar-refractivity contribution in [3.63, 3.8) is 0 Å². The fourth-order valence-corrected chi connectivity index (χ4v) is 2.83. The van der Waals surface area contributed by atoms with Gasteiger partial charge in [-0.2, -0.15) is 0 Å². The molecule has 2 rings (SSSR count). The van der Waals surface area contributed by atoms with Gasteiger partial charge in [0.05, 0.1) is 12.1 Å². The van der Waals surface area contributed by atoms with Gasteiger partial charge in [0.25, 0.3) is 5.91 Å². The molecule has 1 saturated carbocycles. The van der Waals surface area contributed by atoms with Crippen LogP contribution >= 0.6 is 23.2 Å². The van der Waals surface area contributed by atoms with Gasteiger partial charge in [-0.15, -0.1) is 0 Å². The molecular weight excluding hydrogens is 287 g/mol. The third-order valence-corrected chi connectivity index (χ3v) is 4.06. The second kappa shape index (κ2) is 6.07. The molecule has 0 unspecified atom stereocenters. The third-order valence-electron chi connectivity index (χ3n) is 3.50. The van der Waals surface area contributed by atoms with Gasteiger partial charge in [0.2, 0.25) is 0 Å². The summed E-state index contributed by atoms with van der Waals surface area (Å²) >= 11 is 11.8. The minimum absolute atomic E-state index is 0.0441. The van der Waals surface area contributed by atoms with E-state index in [4.69, 9.17) is 27.9 Å². The Bertz CT molecular complexity index is 494. The molecule has 1 aromatic heterocycles. The average Bonchev–Trinajstić information content (AvgIpc) is 2.80. The summed E-state index contributed by atoms with van der Waals surface area (Å²) in [6.45, 7) is 1.75. The number of nitrogens with zero attached hydrogens (tertiary/aromatic N) is 1. The van der Waals surface area contributed by atoms with E-state index in [0.29, 0.717) is 11.1 Å². The lowest BCUT2D eigenvalue weighted by molar-refractivity contribution is 0.0722. The van der Waals surface area contributed by atoms with Crippen molar-refractivity contribution >= 4 is 29.1 Å². The van der Waals surface area contributed by atoms with Gasteiger partial charge in [0.1, 0.15) is 10.3 Å². The van der Waals surface area contributed by atoms with Crippen molar-refractivity contribution in [1.29, 1.82) is 0 Å². The predicted octanol–water partition coefficient (Wildman–Crippen LogP) is 2.99. The lowest BCUT2D eigenvalue weighted by Gasteiger charge is -2.20. The first-order valence-corrected chi connectivity index (χ1v) is 6.95. The van der Waals surface area contributed by atoms with Gasteiger partial charge in [-0.25, -0.2) is 4.98 Å². The van der Waals surface area contributed by atoms with Crippen LogP contribution in [0.2, 0.25) is 10.3 Å². The van der Waals surface area contributed by atoms with Crippen molar-refractivity contribution in [1.82, 2.24) is 10.3 Å². The minimum Gasteiger partial charge on any atom is -0.379 e. The first-order valence-electron chi connectivity index (χ1n) is 6.19. The second-order valence-corrected chi connectivity index (χ2v) is 5.44. The Morgan fingerprint density at radius 1 is 1.47 bits per heavy atom. The summed E-state index contributed by atoms with van der Waals surface area (Å²) in [5.74, 6) is -0.183. The molecular formula is C13H16Cl2N2O2. The van der Waals surface area contributed by atoms with Gasteiger partial charge in [0, 0.05) is 12.7 Å². The monoisotopic (exact) mass is 302 g/mol. The first kappa shape index (κ1) is 14.6. The number of ether oxygens (including phenoxy) is 1. The lowest BCUT2D eigenvalue weighted by atomic mass is 10.1. The Hall–Kier alpha value is -0.840. The van der Waals surface area contributed by atoms with E-state index < -0.39 is 0 Å². The maximum absolute atomic E-state index is 12.3. The maximum Gasteiger partial charge on any atom is 0.252 e. The van der Waals surface area contributed by atoms with Crippen LogP contribution in [0.1, 0.15) is 35.2 Å². The van der Waals surface area contributed by atoms with Crippen molar-refractivity contribution in [2.75, 3.05) is 7.11 Å². The number of aromatic nitrogens is 1. The van der Waals surface area contributed by atoms with Crippen molar-refractivity contribution in [2.24, 2.45) is 0 Å². The predicted molar refractivity (Wildman–Crippen MR) is 74.9 cm³/mol. The number of hydrogen-bond donors (Lipinski definition) is 1. The number of pyridine rings is 1. The van der Waals surface area contributed by atoms with E-state index in [1.807, 2.05) is 0 Å². The number of rotatable bonds is 3. The van der Waals surface area contributed by atoms with E-state index in [-0.39, 0.29) is 28.4 Å². The van der Waals surface area contributed by atoms with Gasteiger partial charge in [-0.3, -0.25) is 4.79 Å². The smallest absolute Gasteiger partial charge is 0.252 e.